The van der Waals surface area contributed by atoms with Gasteiger partial charge >= 0.3 is 0 Å². The Morgan fingerprint density at radius 1 is 1.00 bits per heavy atom. The van der Waals surface area contributed by atoms with E-state index in [1.54, 1.807) is 31.2 Å². The molecule has 0 saturated carbocycles. The SMILES string of the molecule is CCS(=O)(=O)Nc1cccc(C2=NN(S(=O)(=O)c3ccc(Cl)cc3)C(c3cccc(C)c3)C2)c1. The fourth-order valence-corrected chi connectivity index (χ4v) is 5.93. The number of hydrogen-bond donors (Lipinski definition) is 1. The Bertz CT molecular complexity index is 1450. The van der Waals surface area contributed by atoms with Gasteiger partial charge in [0, 0.05) is 17.1 Å². The molecule has 0 radical (unpaired) electrons. The van der Waals surface area contributed by atoms with E-state index in [2.05, 4.69) is 9.82 Å². The predicted molar refractivity (Wildman–Crippen MR) is 135 cm³/mol. The number of hydrogen-bond acceptors (Lipinski definition) is 5. The summed E-state index contributed by atoms with van der Waals surface area (Å²) in [6.07, 6.45) is 0.334. The summed E-state index contributed by atoms with van der Waals surface area (Å²) in [6, 6.07) is 19.9. The summed E-state index contributed by atoms with van der Waals surface area (Å²) in [4.78, 5) is 0.0870. The van der Waals surface area contributed by atoms with E-state index in [-0.39, 0.29) is 10.6 Å². The lowest BCUT2D eigenvalue weighted by molar-refractivity contribution is 0.371. The Labute approximate surface area is 205 Å². The maximum absolute atomic E-state index is 13.6. The van der Waals surface area contributed by atoms with E-state index in [9.17, 15) is 16.8 Å². The van der Waals surface area contributed by atoms with Crippen molar-refractivity contribution in [2.24, 2.45) is 5.10 Å². The smallest absolute Gasteiger partial charge is 0.279 e. The zero-order chi connectivity index (χ0) is 24.5. The molecule has 0 bridgehead atoms. The van der Waals surface area contributed by atoms with Crippen molar-refractivity contribution in [1.29, 1.82) is 0 Å². The Balaban J connectivity index is 1.77. The van der Waals surface area contributed by atoms with Crippen LogP contribution in [0, 0.1) is 6.92 Å². The molecule has 1 aliphatic rings. The molecular formula is C24H24ClN3O4S2. The molecule has 1 heterocycles. The molecule has 4 rings (SSSR count). The Morgan fingerprint density at radius 2 is 1.71 bits per heavy atom. The van der Waals surface area contributed by atoms with E-state index in [1.165, 1.54) is 24.3 Å². The molecule has 1 aliphatic heterocycles. The van der Waals surface area contributed by atoms with Crippen LogP contribution in [0.25, 0.3) is 0 Å². The van der Waals surface area contributed by atoms with Crippen LogP contribution in [-0.4, -0.2) is 32.7 Å². The highest BCUT2D eigenvalue weighted by Crippen LogP contribution is 2.38. The molecule has 3 aromatic rings. The standard InChI is InChI=1S/C24H24ClN3O4S2/c1-3-33(29,30)27-21-9-5-7-18(15-21)23-16-24(19-8-4-6-17(2)14-19)28(26-23)34(31,32)22-12-10-20(25)11-13-22/h4-15,24,27H,3,16H2,1-2H3. The fourth-order valence-electron chi connectivity index (χ4n) is 3.74. The molecule has 0 saturated heterocycles. The number of hydrazone groups is 1. The normalized spacial score (nSPS) is 16.4. The molecule has 1 unspecified atom stereocenters. The second-order valence-corrected chi connectivity index (χ2v) is 12.2. The first kappa shape index (κ1) is 24.3. The van der Waals surface area contributed by atoms with Gasteiger partial charge in [-0.2, -0.15) is 17.9 Å². The van der Waals surface area contributed by atoms with Crippen molar-refractivity contribution in [3.63, 3.8) is 0 Å². The molecule has 0 aliphatic carbocycles. The van der Waals surface area contributed by atoms with Gasteiger partial charge in [-0.3, -0.25) is 4.72 Å². The monoisotopic (exact) mass is 517 g/mol. The van der Waals surface area contributed by atoms with Crippen LogP contribution in [0.4, 0.5) is 5.69 Å². The van der Waals surface area contributed by atoms with Crippen LogP contribution in [0.3, 0.4) is 0 Å². The average molecular weight is 518 g/mol. The molecule has 34 heavy (non-hydrogen) atoms. The molecule has 0 aromatic heterocycles. The van der Waals surface area contributed by atoms with Gasteiger partial charge in [-0.15, -0.1) is 0 Å². The number of nitrogens with zero attached hydrogens (tertiary/aromatic N) is 2. The third-order valence-corrected chi connectivity index (χ3v) is 8.76. The minimum absolute atomic E-state index is 0.0548. The van der Waals surface area contributed by atoms with E-state index >= 15 is 0 Å². The molecule has 0 amide bonds. The molecule has 0 fully saturated rings. The summed E-state index contributed by atoms with van der Waals surface area (Å²) in [6.45, 7) is 3.50. The highest BCUT2D eigenvalue weighted by atomic mass is 35.5. The second-order valence-electron chi connectivity index (χ2n) is 8.00. The maximum Gasteiger partial charge on any atom is 0.279 e. The minimum Gasteiger partial charge on any atom is -0.284 e. The van der Waals surface area contributed by atoms with Gasteiger partial charge in [-0.1, -0.05) is 53.6 Å². The molecule has 3 aromatic carbocycles. The fraction of sp³-hybridized carbons (Fsp3) is 0.208. The van der Waals surface area contributed by atoms with Gasteiger partial charge in [0.2, 0.25) is 10.0 Å². The van der Waals surface area contributed by atoms with Crippen molar-refractivity contribution >= 4 is 43.0 Å². The summed E-state index contributed by atoms with van der Waals surface area (Å²) >= 11 is 5.95. The van der Waals surface area contributed by atoms with Gasteiger partial charge in [0.25, 0.3) is 10.0 Å². The van der Waals surface area contributed by atoms with Gasteiger partial charge in [0.15, 0.2) is 0 Å². The van der Waals surface area contributed by atoms with Gasteiger partial charge in [0.05, 0.1) is 22.4 Å². The van der Waals surface area contributed by atoms with Crippen molar-refractivity contribution < 1.29 is 16.8 Å². The topological polar surface area (TPSA) is 95.9 Å². The lowest BCUT2D eigenvalue weighted by atomic mass is 9.98. The summed E-state index contributed by atoms with van der Waals surface area (Å²) in [5, 5.41) is 4.96. The van der Waals surface area contributed by atoms with Crippen LogP contribution in [0.2, 0.25) is 5.02 Å². The highest BCUT2D eigenvalue weighted by molar-refractivity contribution is 7.92. The van der Waals surface area contributed by atoms with E-state index in [1.807, 2.05) is 31.2 Å². The van der Waals surface area contributed by atoms with Gasteiger partial charge in [-0.25, -0.2) is 8.42 Å². The Kier molecular flexibility index (Phi) is 6.71. The van der Waals surface area contributed by atoms with Gasteiger partial charge in [-0.05, 0) is 61.4 Å². The van der Waals surface area contributed by atoms with Crippen LogP contribution >= 0.6 is 11.6 Å². The second kappa shape index (κ2) is 9.40. The number of rotatable bonds is 7. The summed E-state index contributed by atoms with van der Waals surface area (Å²) in [5.41, 5.74) is 3.41. The van der Waals surface area contributed by atoms with E-state index in [4.69, 9.17) is 11.6 Å². The number of halogens is 1. The quantitative estimate of drug-likeness (QED) is 0.479. The lowest BCUT2D eigenvalue weighted by Crippen LogP contribution is -2.27. The molecule has 10 heteroatoms. The summed E-state index contributed by atoms with van der Waals surface area (Å²) < 4.78 is 54.8. The lowest BCUT2D eigenvalue weighted by Gasteiger charge is -2.23. The minimum atomic E-state index is -3.97. The van der Waals surface area contributed by atoms with Crippen molar-refractivity contribution in [3.05, 3.63) is 94.5 Å². The van der Waals surface area contributed by atoms with Crippen molar-refractivity contribution in [3.8, 4) is 0 Å². The van der Waals surface area contributed by atoms with Crippen molar-refractivity contribution in [2.45, 2.75) is 31.2 Å². The zero-order valence-electron chi connectivity index (χ0n) is 18.6. The van der Waals surface area contributed by atoms with Crippen LogP contribution in [0.5, 0.6) is 0 Å². The average Bonchev–Trinajstić information content (AvgIpc) is 3.26. The number of sulfonamides is 2. The number of anilines is 1. The molecule has 178 valence electrons. The largest absolute Gasteiger partial charge is 0.284 e. The number of aryl methyl sites for hydroxylation is 1. The molecule has 1 N–H and O–H groups in total. The van der Waals surface area contributed by atoms with Crippen LogP contribution in [-0.2, 0) is 20.0 Å². The predicted octanol–water partition coefficient (Wildman–Crippen LogP) is 4.95. The molecule has 7 nitrogen and oxygen atoms in total. The first-order valence-electron chi connectivity index (χ1n) is 10.6. The Hall–Kier alpha value is -2.88. The molecule has 1 atom stereocenters. The van der Waals surface area contributed by atoms with E-state index < -0.39 is 26.1 Å². The van der Waals surface area contributed by atoms with Gasteiger partial charge in [0.1, 0.15) is 0 Å². The third-order valence-electron chi connectivity index (χ3n) is 5.51. The zero-order valence-corrected chi connectivity index (χ0v) is 21.0. The first-order chi connectivity index (χ1) is 16.1. The van der Waals surface area contributed by atoms with E-state index in [0.717, 1.165) is 15.5 Å². The summed E-state index contributed by atoms with van der Waals surface area (Å²) in [7, 11) is -7.43. The first-order valence-corrected chi connectivity index (χ1v) is 14.1. The number of nitrogens with one attached hydrogen (secondary N) is 1. The van der Waals surface area contributed by atoms with Gasteiger partial charge < -0.3 is 0 Å². The maximum atomic E-state index is 13.6. The van der Waals surface area contributed by atoms with Crippen LogP contribution < -0.4 is 4.72 Å². The van der Waals surface area contributed by atoms with Crippen molar-refractivity contribution in [2.75, 3.05) is 10.5 Å². The van der Waals surface area contributed by atoms with Crippen LogP contribution in [0.1, 0.15) is 36.1 Å². The number of benzene rings is 3. The molecule has 0 spiro atoms. The molecular weight excluding hydrogens is 494 g/mol. The third kappa shape index (κ3) is 5.11. The van der Waals surface area contributed by atoms with Crippen molar-refractivity contribution in [1.82, 2.24) is 4.41 Å². The van der Waals surface area contributed by atoms with Crippen LogP contribution in [0.15, 0.2) is 82.8 Å². The summed E-state index contributed by atoms with van der Waals surface area (Å²) in [5.74, 6) is -0.0548. The Morgan fingerprint density at radius 3 is 2.38 bits per heavy atom. The van der Waals surface area contributed by atoms with E-state index in [0.29, 0.717) is 28.4 Å². The highest BCUT2D eigenvalue weighted by Gasteiger charge is 2.37.